The second-order valence-corrected chi connectivity index (χ2v) is 6.61. The van der Waals surface area contributed by atoms with Crippen LogP contribution >= 0.6 is 0 Å². The topological polar surface area (TPSA) is 15.3 Å². The van der Waals surface area contributed by atoms with Gasteiger partial charge in [0.1, 0.15) is 5.82 Å². The lowest BCUT2D eigenvalue weighted by molar-refractivity contribution is 0.327. The highest BCUT2D eigenvalue weighted by Crippen LogP contribution is 2.34. The van der Waals surface area contributed by atoms with E-state index in [4.69, 9.17) is 0 Å². The smallest absolute Gasteiger partial charge is 0.146 e. The maximum absolute atomic E-state index is 14.4. The Balaban J connectivity index is 3.22. The lowest BCUT2D eigenvalue weighted by atomic mass is 9.86. The quantitative estimate of drug-likeness (QED) is 0.861. The number of para-hydroxylation sites is 1. The predicted octanol–water partition coefficient (Wildman–Crippen LogP) is 4.37. The summed E-state index contributed by atoms with van der Waals surface area (Å²) in [5.41, 5.74) is 1.82. The van der Waals surface area contributed by atoms with E-state index in [0.717, 1.165) is 12.1 Å². The van der Waals surface area contributed by atoms with Crippen LogP contribution in [0.15, 0.2) is 18.2 Å². The SMILES string of the molecule is CCNC(C)c1cccc(F)c1N(C)C(C)C(C)(C)C. The number of nitrogens with one attached hydrogen (secondary N) is 1. The fraction of sp³-hybridized carbons (Fsp3) is 0.647. The Morgan fingerprint density at radius 3 is 2.35 bits per heavy atom. The Kier molecular flexibility index (Phi) is 5.58. The summed E-state index contributed by atoms with van der Waals surface area (Å²) in [7, 11) is 1.98. The van der Waals surface area contributed by atoms with Gasteiger partial charge in [0.05, 0.1) is 5.69 Å². The van der Waals surface area contributed by atoms with E-state index in [9.17, 15) is 4.39 Å². The summed E-state index contributed by atoms with van der Waals surface area (Å²) in [4.78, 5) is 2.07. The highest BCUT2D eigenvalue weighted by molar-refractivity contribution is 5.56. The summed E-state index contributed by atoms with van der Waals surface area (Å²) < 4.78 is 14.4. The van der Waals surface area contributed by atoms with Gasteiger partial charge in [0.15, 0.2) is 0 Å². The van der Waals surface area contributed by atoms with E-state index in [-0.39, 0.29) is 23.3 Å². The summed E-state index contributed by atoms with van der Waals surface area (Å²) in [5, 5.41) is 3.37. The third-order valence-electron chi connectivity index (χ3n) is 4.18. The molecule has 0 bridgehead atoms. The zero-order valence-corrected chi connectivity index (χ0v) is 13.9. The van der Waals surface area contributed by atoms with Crippen molar-refractivity contribution < 1.29 is 4.39 Å². The predicted molar refractivity (Wildman–Crippen MR) is 85.8 cm³/mol. The van der Waals surface area contributed by atoms with Crippen LogP contribution in [0.25, 0.3) is 0 Å². The van der Waals surface area contributed by atoms with Gasteiger partial charge in [0, 0.05) is 19.1 Å². The molecule has 0 saturated carbocycles. The fourth-order valence-electron chi connectivity index (χ4n) is 2.44. The molecule has 0 radical (unpaired) electrons. The third kappa shape index (κ3) is 3.72. The van der Waals surface area contributed by atoms with Crippen molar-refractivity contribution in [2.24, 2.45) is 5.41 Å². The summed E-state index contributed by atoms with van der Waals surface area (Å²) in [6, 6.07) is 5.73. The molecule has 1 N–H and O–H groups in total. The van der Waals surface area contributed by atoms with E-state index < -0.39 is 0 Å². The first kappa shape index (κ1) is 17.0. The van der Waals surface area contributed by atoms with Gasteiger partial charge in [-0.25, -0.2) is 4.39 Å². The molecule has 0 heterocycles. The molecule has 0 aromatic heterocycles. The molecule has 0 saturated heterocycles. The van der Waals surface area contributed by atoms with Gasteiger partial charge in [-0.2, -0.15) is 0 Å². The molecule has 1 aromatic carbocycles. The largest absolute Gasteiger partial charge is 0.369 e. The van der Waals surface area contributed by atoms with Crippen molar-refractivity contribution in [3.8, 4) is 0 Å². The van der Waals surface area contributed by atoms with Crippen LogP contribution in [0.3, 0.4) is 0 Å². The first-order valence-corrected chi connectivity index (χ1v) is 7.44. The molecule has 0 amide bonds. The molecule has 1 rings (SSSR count). The molecule has 0 aliphatic rings. The number of benzene rings is 1. The van der Waals surface area contributed by atoms with Crippen LogP contribution < -0.4 is 10.2 Å². The van der Waals surface area contributed by atoms with E-state index in [2.05, 4.69) is 51.8 Å². The molecular formula is C17H29FN2. The van der Waals surface area contributed by atoms with Crippen LogP contribution in [-0.2, 0) is 0 Å². The molecule has 2 nitrogen and oxygen atoms in total. The van der Waals surface area contributed by atoms with Crippen molar-refractivity contribution in [2.45, 2.75) is 53.6 Å². The van der Waals surface area contributed by atoms with E-state index in [0.29, 0.717) is 5.69 Å². The summed E-state index contributed by atoms with van der Waals surface area (Å²) >= 11 is 0. The summed E-state index contributed by atoms with van der Waals surface area (Å²) in [6.07, 6.45) is 0. The standard InChI is InChI=1S/C17H29FN2/c1-8-19-12(2)14-10-9-11-15(18)16(14)20(7)13(3)17(4,5)6/h9-13,19H,8H2,1-7H3. The third-order valence-corrected chi connectivity index (χ3v) is 4.18. The van der Waals surface area contributed by atoms with Crippen molar-refractivity contribution in [2.75, 3.05) is 18.5 Å². The summed E-state index contributed by atoms with van der Waals surface area (Å²) in [6.45, 7) is 13.7. The van der Waals surface area contributed by atoms with Crippen molar-refractivity contribution >= 4 is 5.69 Å². The fourth-order valence-corrected chi connectivity index (χ4v) is 2.44. The van der Waals surface area contributed by atoms with Gasteiger partial charge in [0.2, 0.25) is 0 Å². The number of hydrogen-bond donors (Lipinski definition) is 1. The first-order valence-electron chi connectivity index (χ1n) is 7.44. The average molecular weight is 280 g/mol. The zero-order valence-electron chi connectivity index (χ0n) is 13.9. The Morgan fingerprint density at radius 2 is 1.85 bits per heavy atom. The van der Waals surface area contributed by atoms with Crippen molar-refractivity contribution in [1.29, 1.82) is 0 Å². The Bertz CT molecular complexity index is 437. The Labute approximate surface area is 123 Å². The molecule has 0 spiro atoms. The molecule has 2 atom stereocenters. The van der Waals surface area contributed by atoms with Crippen LogP contribution in [0.2, 0.25) is 0 Å². The molecule has 0 aliphatic carbocycles. The average Bonchev–Trinajstić information content (AvgIpc) is 2.36. The van der Waals surface area contributed by atoms with Crippen molar-refractivity contribution in [3.05, 3.63) is 29.6 Å². The second kappa shape index (κ2) is 6.57. The van der Waals surface area contributed by atoms with E-state index in [1.165, 1.54) is 0 Å². The van der Waals surface area contributed by atoms with Crippen molar-refractivity contribution in [1.82, 2.24) is 5.32 Å². The number of halogens is 1. The highest BCUT2D eigenvalue weighted by Gasteiger charge is 2.27. The van der Waals surface area contributed by atoms with Gasteiger partial charge in [-0.3, -0.25) is 0 Å². The molecule has 3 heteroatoms. The van der Waals surface area contributed by atoms with E-state index >= 15 is 0 Å². The van der Waals surface area contributed by atoms with Gasteiger partial charge >= 0.3 is 0 Å². The molecule has 1 aromatic rings. The minimum Gasteiger partial charge on any atom is -0.369 e. The molecule has 0 fully saturated rings. The van der Waals surface area contributed by atoms with Gasteiger partial charge < -0.3 is 10.2 Å². The normalized spacial score (nSPS) is 15.0. The molecule has 20 heavy (non-hydrogen) atoms. The van der Waals surface area contributed by atoms with Crippen LogP contribution in [0, 0.1) is 11.2 Å². The first-order chi connectivity index (χ1) is 9.20. The Hall–Kier alpha value is -1.09. The van der Waals surface area contributed by atoms with Gasteiger partial charge in [-0.15, -0.1) is 0 Å². The summed E-state index contributed by atoms with van der Waals surface area (Å²) in [5.74, 6) is -0.147. The maximum atomic E-state index is 14.4. The number of nitrogens with zero attached hydrogens (tertiary/aromatic N) is 1. The number of hydrogen-bond acceptors (Lipinski definition) is 2. The van der Waals surface area contributed by atoms with E-state index in [1.807, 2.05) is 13.1 Å². The molecular weight excluding hydrogens is 251 g/mol. The van der Waals surface area contributed by atoms with Crippen LogP contribution in [-0.4, -0.2) is 19.6 Å². The van der Waals surface area contributed by atoms with Crippen LogP contribution in [0.4, 0.5) is 10.1 Å². The van der Waals surface area contributed by atoms with Gasteiger partial charge in [0.25, 0.3) is 0 Å². The lowest BCUT2D eigenvalue weighted by Gasteiger charge is -2.38. The molecule has 2 unspecified atom stereocenters. The minimum absolute atomic E-state index is 0.0930. The zero-order chi connectivity index (χ0) is 15.5. The molecule has 0 aliphatic heterocycles. The highest BCUT2D eigenvalue weighted by atomic mass is 19.1. The van der Waals surface area contributed by atoms with Crippen molar-refractivity contribution in [3.63, 3.8) is 0 Å². The van der Waals surface area contributed by atoms with Gasteiger partial charge in [-0.05, 0) is 37.4 Å². The van der Waals surface area contributed by atoms with E-state index in [1.54, 1.807) is 12.1 Å². The molecule has 114 valence electrons. The monoisotopic (exact) mass is 280 g/mol. The Morgan fingerprint density at radius 1 is 1.25 bits per heavy atom. The number of rotatable bonds is 5. The van der Waals surface area contributed by atoms with Gasteiger partial charge in [-0.1, -0.05) is 39.8 Å². The minimum atomic E-state index is -0.147. The van der Waals surface area contributed by atoms with Crippen LogP contribution in [0.1, 0.15) is 53.1 Å². The lowest BCUT2D eigenvalue weighted by Crippen LogP contribution is -2.40. The van der Waals surface area contributed by atoms with Crippen LogP contribution in [0.5, 0.6) is 0 Å². The second-order valence-electron chi connectivity index (χ2n) is 6.61. The number of anilines is 1. The maximum Gasteiger partial charge on any atom is 0.146 e.